The van der Waals surface area contributed by atoms with Gasteiger partial charge in [-0.15, -0.1) is 0 Å². The molecule has 2 rings (SSSR count). The van der Waals surface area contributed by atoms with Crippen molar-refractivity contribution in [2.24, 2.45) is 0 Å². The molecule has 0 saturated carbocycles. The molecular weight excluding hydrogens is 264 g/mol. The maximum absolute atomic E-state index is 10.2. The molecule has 0 aromatic carbocycles. The maximum Gasteiger partial charge on any atom is 0.137 e. The molecular formula is C16H28N4O. The van der Waals surface area contributed by atoms with E-state index in [9.17, 15) is 5.11 Å². The fourth-order valence-corrected chi connectivity index (χ4v) is 2.73. The molecule has 2 N–H and O–H groups in total. The van der Waals surface area contributed by atoms with Crippen LogP contribution in [0.4, 0.5) is 11.6 Å². The van der Waals surface area contributed by atoms with E-state index in [1.807, 2.05) is 6.92 Å². The second-order valence-corrected chi connectivity index (χ2v) is 6.28. The Bertz CT molecular complexity index is 487. The average Bonchev–Trinajstić information content (AvgIpc) is 2.79. The van der Waals surface area contributed by atoms with Crippen molar-refractivity contribution < 1.29 is 5.11 Å². The summed E-state index contributed by atoms with van der Waals surface area (Å²) >= 11 is 0. The van der Waals surface area contributed by atoms with E-state index < -0.39 is 5.60 Å². The molecule has 1 aliphatic heterocycles. The molecule has 21 heavy (non-hydrogen) atoms. The zero-order chi connectivity index (χ0) is 15.5. The van der Waals surface area contributed by atoms with E-state index in [1.165, 1.54) is 0 Å². The number of nitrogens with zero attached hydrogens (tertiary/aromatic N) is 3. The largest absolute Gasteiger partial charge is 0.388 e. The number of nitrogens with one attached hydrogen (secondary N) is 1. The number of aryl methyl sites for hydroxylation is 1. The predicted octanol–water partition coefficient (Wildman–Crippen LogP) is 2.52. The van der Waals surface area contributed by atoms with Gasteiger partial charge in [-0.2, -0.15) is 0 Å². The van der Waals surface area contributed by atoms with Crippen molar-refractivity contribution in [3.05, 3.63) is 11.4 Å². The number of anilines is 2. The summed E-state index contributed by atoms with van der Waals surface area (Å²) in [6.07, 6.45) is 3.78. The van der Waals surface area contributed by atoms with Gasteiger partial charge in [0.2, 0.25) is 0 Å². The summed E-state index contributed by atoms with van der Waals surface area (Å²) in [7, 11) is 0. The number of aromatic nitrogens is 2. The highest BCUT2D eigenvalue weighted by molar-refractivity contribution is 5.59. The van der Waals surface area contributed by atoms with Gasteiger partial charge in [-0.1, -0.05) is 13.8 Å². The lowest BCUT2D eigenvalue weighted by Gasteiger charge is -2.23. The van der Waals surface area contributed by atoms with Crippen molar-refractivity contribution in [1.29, 1.82) is 0 Å². The van der Waals surface area contributed by atoms with Crippen LogP contribution < -0.4 is 10.2 Å². The highest BCUT2D eigenvalue weighted by Gasteiger charge is 2.33. The molecule has 1 unspecified atom stereocenters. The van der Waals surface area contributed by atoms with Crippen molar-refractivity contribution >= 4 is 11.6 Å². The van der Waals surface area contributed by atoms with Crippen molar-refractivity contribution in [2.75, 3.05) is 29.9 Å². The summed E-state index contributed by atoms with van der Waals surface area (Å²) in [4.78, 5) is 11.6. The Morgan fingerprint density at radius 1 is 1.29 bits per heavy atom. The molecule has 1 aromatic heterocycles. The Labute approximate surface area is 127 Å². The molecule has 0 aliphatic carbocycles. The van der Waals surface area contributed by atoms with Gasteiger partial charge in [0.15, 0.2) is 0 Å². The first-order valence-corrected chi connectivity index (χ1v) is 8.05. The van der Waals surface area contributed by atoms with E-state index in [0.717, 1.165) is 61.8 Å². The van der Waals surface area contributed by atoms with Gasteiger partial charge in [-0.05, 0) is 33.1 Å². The minimum Gasteiger partial charge on any atom is -0.388 e. The normalized spacial score (nSPS) is 21.9. The molecule has 0 radical (unpaired) electrons. The van der Waals surface area contributed by atoms with E-state index in [2.05, 4.69) is 36.0 Å². The summed E-state index contributed by atoms with van der Waals surface area (Å²) in [5, 5.41) is 13.6. The lowest BCUT2D eigenvalue weighted by molar-refractivity contribution is 0.0839. The lowest BCUT2D eigenvalue weighted by atomic mass is 10.1. The molecule has 2 heterocycles. The van der Waals surface area contributed by atoms with Gasteiger partial charge in [-0.3, -0.25) is 0 Å². The number of rotatable bonds is 6. The standard InChI is InChI=1S/C16H28N4O/c1-5-7-13-18-14(17-9-6-2)12(3)15(19-13)20-10-8-16(4,21)11-20/h21H,5-11H2,1-4H3,(H,17,18,19). The first-order valence-electron chi connectivity index (χ1n) is 8.05. The molecule has 0 amide bonds. The Balaban J connectivity index is 2.32. The molecule has 5 heteroatoms. The first-order chi connectivity index (χ1) is 9.96. The molecule has 118 valence electrons. The molecule has 1 fully saturated rings. The molecule has 1 saturated heterocycles. The van der Waals surface area contributed by atoms with E-state index in [4.69, 9.17) is 4.98 Å². The number of aliphatic hydroxyl groups is 1. The number of hydrogen-bond donors (Lipinski definition) is 2. The Morgan fingerprint density at radius 2 is 2.05 bits per heavy atom. The van der Waals surface area contributed by atoms with Crippen molar-refractivity contribution in [3.8, 4) is 0 Å². The monoisotopic (exact) mass is 292 g/mol. The van der Waals surface area contributed by atoms with E-state index >= 15 is 0 Å². The smallest absolute Gasteiger partial charge is 0.137 e. The van der Waals surface area contributed by atoms with Crippen LogP contribution in [0.15, 0.2) is 0 Å². The van der Waals surface area contributed by atoms with Crippen LogP contribution in [0.25, 0.3) is 0 Å². The van der Waals surface area contributed by atoms with E-state index in [-0.39, 0.29) is 0 Å². The summed E-state index contributed by atoms with van der Waals surface area (Å²) in [5.41, 5.74) is 0.472. The topological polar surface area (TPSA) is 61.3 Å². The summed E-state index contributed by atoms with van der Waals surface area (Å²) in [6, 6.07) is 0. The third-order valence-corrected chi connectivity index (χ3v) is 3.93. The fourth-order valence-electron chi connectivity index (χ4n) is 2.73. The first kappa shape index (κ1) is 16.0. The van der Waals surface area contributed by atoms with E-state index in [0.29, 0.717) is 6.54 Å². The Morgan fingerprint density at radius 3 is 2.62 bits per heavy atom. The molecule has 1 aliphatic rings. The summed E-state index contributed by atoms with van der Waals surface area (Å²) < 4.78 is 0. The van der Waals surface area contributed by atoms with Gasteiger partial charge in [-0.25, -0.2) is 9.97 Å². The summed E-state index contributed by atoms with van der Waals surface area (Å²) in [5.74, 6) is 2.81. The second-order valence-electron chi connectivity index (χ2n) is 6.28. The minimum absolute atomic E-state index is 0.612. The van der Waals surface area contributed by atoms with E-state index in [1.54, 1.807) is 0 Å². The molecule has 1 aromatic rings. The highest BCUT2D eigenvalue weighted by atomic mass is 16.3. The molecule has 0 spiro atoms. The average molecular weight is 292 g/mol. The van der Waals surface area contributed by atoms with Gasteiger partial charge >= 0.3 is 0 Å². The Hall–Kier alpha value is -1.36. The third-order valence-electron chi connectivity index (χ3n) is 3.93. The number of β-amino-alcohol motifs (C(OH)–C–C–N with tert-alkyl or cyclic N) is 1. The van der Waals surface area contributed by atoms with Crippen LogP contribution >= 0.6 is 0 Å². The minimum atomic E-state index is -0.612. The molecule has 0 bridgehead atoms. The van der Waals surface area contributed by atoms with Gasteiger partial charge in [0, 0.05) is 31.6 Å². The quantitative estimate of drug-likeness (QED) is 0.843. The second kappa shape index (κ2) is 6.60. The highest BCUT2D eigenvalue weighted by Crippen LogP contribution is 2.30. The van der Waals surface area contributed by atoms with Crippen molar-refractivity contribution in [2.45, 2.75) is 59.0 Å². The van der Waals surface area contributed by atoms with Crippen LogP contribution in [0.1, 0.15) is 51.4 Å². The van der Waals surface area contributed by atoms with Crippen LogP contribution in [0, 0.1) is 6.92 Å². The van der Waals surface area contributed by atoms with Crippen molar-refractivity contribution in [3.63, 3.8) is 0 Å². The fraction of sp³-hybridized carbons (Fsp3) is 0.750. The Kier molecular flexibility index (Phi) is 5.04. The maximum atomic E-state index is 10.2. The van der Waals surface area contributed by atoms with Crippen LogP contribution in [0.3, 0.4) is 0 Å². The van der Waals surface area contributed by atoms with Crippen LogP contribution in [0.2, 0.25) is 0 Å². The van der Waals surface area contributed by atoms with Gasteiger partial charge in [0.1, 0.15) is 17.5 Å². The SMILES string of the molecule is CCCNc1nc(CCC)nc(N2CCC(C)(O)C2)c1C. The van der Waals surface area contributed by atoms with Gasteiger partial charge in [0.05, 0.1) is 5.60 Å². The zero-order valence-electron chi connectivity index (χ0n) is 13.7. The van der Waals surface area contributed by atoms with Gasteiger partial charge < -0.3 is 15.3 Å². The van der Waals surface area contributed by atoms with Crippen LogP contribution in [-0.2, 0) is 6.42 Å². The molecule has 5 nitrogen and oxygen atoms in total. The zero-order valence-corrected chi connectivity index (χ0v) is 13.7. The van der Waals surface area contributed by atoms with Gasteiger partial charge in [0.25, 0.3) is 0 Å². The van der Waals surface area contributed by atoms with Crippen LogP contribution in [-0.4, -0.2) is 40.3 Å². The van der Waals surface area contributed by atoms with Crippen molar-refractivity contribution in [1.82, 2.24) is 9.97 Å². The number of hydrogen-bond acceptors (Lipinski definition) is 5. The third kappa shape index (κ3) is 3.84. The van der Waals surface area contributed by atoms with Crippen LogP contribution in [0.5, 0.6) is 0 Å². The summed E-state index contributed by atoms with van der Waals surface area (Å²) in [6.45, 7) is 10.7. The molecule has 1 atom stereocenters. The lowest BCUT2D eigenvalue weighted by Crippen LogP contribution is -2.31. The predicted molar refractivity (Wildman–Crippen MR) is 87.0 cm³/mol.